The molecule has 0 aliphatic heterocycles. The van der Waals surface area contributed by atoms with Crippen molar-refractivity contribution < 1.29 is 9.53 Å². The third-order valence-electron chi connectivity index (χ3n) is 3.88. The average molecular weight is 262 g/mol. The van der Waals surface area contributed by atoms with Crippen molar-refractivity contribution in [3.05, 3.63) is 23.8 Å². The van der Waals surface area contributed by atoms with E-state index in [1.165, 1.54) is 6.42 Å². The predicted molar refractivity (Wildman–Crippen MR) is 76.4 cm³/mol. The van der Waals surface area contributed by atoms with E-state index in [-0.39, 0.29) is 5.91 Å². The quantitative estimate of drug-likeness (QED) is 0.880. The maximum atomic E-state index is 12.3. The first-order valence-electron chi connectivity index (χ1n) is 6.80. The molecule has 0 bridgehead atoms. The number of nitrogens with one attached hydrogen (secondary N) is 1. The van der Waals surface area contributed by atoms with Crippen LogP contribution in [0.25, 0.3) is 0 Å². The second kappa shape index (κ2) is 5.61. The molecule has 1 aromatic carbocycles. The molecular formula is C15H22N2O2. The van der Waals surface area contributed by atoms with Gasteiger partial charge in [0.05, 0.1) is 12.6 Å². The average Bonchev–Trinajstić information content (AvgIpc) is 2.41. The van der Waals surface area contributed by atoms with E-state index in [2.05, 4.69) is 5.32 Å². The molecule has 0 radical (unpaired) electrons. The van der Waals surface area contributed by atoms with Crippen LogP contribution in [-0.2, 0) is 4.79 Å². The van der Waals surface area contributed by atoms with Gasteiger partial charge in [-0.2, -0.15) is 0 Å². The normalized spacial score (nSPS) is 17.8. The zero-order valence-electron chi connectivity index (χ0n) is 11.7. The molecule has 1 aliphatic carbocycles. The third kappa shape index (κ3) is 3.07. The number of anilines is 1. The Kier molecular flexibility index (Phi) is 4.10. The summed E-state index contributed by atoms with van der Waals surface area (Å²) in [6.45, 7) is 1.95. The summed E-state index contributed by atoms with van der Waals surface area (Å²) in [5, 5.41) is 2.95. The molecule has 0 saturated heterocycles. The molecular weight excluding hydrogens is 240 g/mol. The molecule has 104 valence electrons. The highest BCUT2D eigenvalue weighted by atomic mass is 16.5. The van der Waals surface area contributed by atoms with Crippen LogP contribution < -0.4 is 15.8 Å². The van der Waals surface area contributed by atoms with Gasteiger partial charge in [0, 0.05) is 5.69 Å². The van der Waals surface area contributed by atoms with E-state index in [0.29, 0.717) is 0 Å². The minimum absolute atomic E-state index is 0.0690. The van der Waals surface area contributed by atoms with Crippen LogP contribution in [0, 0.1) is 6.92 Å². The second-order valence-electron chi connectivity index (χ2n) is 5.35. The van der Waals surface area contributed by atoms with Crippen LogP contribution in [-0.4, -0.2) is 18.6 Å². The summed E-state index contributed by atoms with van der Waals surface area (Å²) in [7, 11) is 1.63. The Morgan fingerprint density at radius 1 is 1.32 bits per heavy atom. The largest absolute Gasteiger partial charge is 0.497 e. The van der Waals surface area contributed by atoms with Crippen molar-refractivity contribution in [3.8, 4) is 5.75 Å². The van der Waals surface area contributed by atoms with Gasteiger partial charge in [0.25, 0.3) is 0 Å². The van der Waals surface area contributed by atoms with Gasteiger partial charge in [-0.05, 0) is 43.5 Å². The smallest absolute Gasteiger partial charge is 0.244 e. The number of carbonyl (C=O) groups is 1. The summed E-state index contributed by atoms with van der Waals surface area (Å²) in [4.78, 5) is 12.3. The number of ether oxygens (including phenoxy) is 1. The summed E-state index contributed by atoms with van der Waals surface area (Å²) in [6, 6.07) is 5.60. The first-order valence-corrected chi connectivity index (χ1v) is 6.80. The molecule has 19 heavy (non-hydrogen) atoms. The van der Waals surface area contributed by atoms with Gasteiger partial charge in [-0.1, -0.05) is 19.3 Å². The molecule has 1 amide bonds. The Bertz CT molecular complexity index is 465. The van der Waals surface area contributed by atoms with Crippen molar-refractivity contribution >= 4 is 11.6 Å². The Balaban J connectivity index is 2.10. The SMILES string of the molecule is COc1ccc(NC(=O)C2(N)CCCCC2)c(C)c1. The predicted octanol–water partition coefficient (Wildman–Crippen LogP) is 2.60. The van der Waals surface area contributed by atoms with E-state index in [1.54, 1.807) is 7.11 Å². The molecule has 3 N–H and O–H groups in total. The van der Waals surface area contributed by atoms with Crippen molar-refractivity contribution in [2.45, 2.75) is 44.6 Å². The zero-order chi connectivity index (χ0) is 13.9. The number of hydrogen-bond acceptors (Lipinski definition) is 3. The van der Waals surface area contributed by atoms with Crippen LogP contribution in [0.3, 0.4) is 0 Å². The minimum Gasteiger partial charge on any atom is -0.497 e. The summed E-state index contributed by atoms with van der Waals surface area (Å²) >= 11 is 0. The van der Waals surface area contributed by atoms with Crippen LogP contribution in [0.15, 0.2) is 18.2 Å². The van der Waals surface area contributed by atoms with Crippen molar-refractivity contribution in [3.63, 3.8) is 0 Å². The first-order chi connectivity index (χ1) is 9.05. The monoisotopic (exact) mass is 262 g/mol. The first kappa shape index (κ1) is 13.9. The van der Waals surface area contributed by atoms with E-state index in [9.17, 15) is 4.79 Å². The van der Waals surface area contributed by atoms with Gasteiger partial charge in [0.2, 0.25) is 5.91 Å². The molecule has 0 unspecified atom stereocenters. The van der Waals surface area contributed by atoms with Crippen molar-refractivity contribution in [1.29, 1.82) is 0 Å². The Labute approximate surface area is 114 Å². The maximum absolute atomic E-state index is 12.3. The Morgan fingerprint density at radius 2 is 2.00 bits per heavy atom. The van der Waals surface area contributed by atoms with Gasteiger partial charge >= 0.3 is 0 Å². The molecule has 0 heterocycles. The van der Waals surface area contributed by atoms with Crippen LogP contribution in [0.4, 0.5) is 5.69 Å². The van der Waals surface area contributed by atoms with Crippen LogP contribution in [0.1, 0.15) is 37.7 Å². The van der Waals surface area contributed by atoms with E-state index in [1.807, 2.05) is 25.1 Å². The Morgan fingerprint density at radius 3 is 2.58 bits per heavy atom. The minimum atomic E-state index is -0.704. The molecule has 4 nitrogen and oxygen atoms in total. The molecule has 1 fully saturated rings. The molecule has 1 aromatic rings. The highest BCUT2D eigenvalue weighted by Gasteiger charge is 2.35. The topological polar surface area (TPSA) is 64.3 Å². The fourth-order valence-electron chi connectivity index (χ4n) is 2.56. The molecule has 1 saturated carbocycles. The number of carbonyl (C=O) groups excluding carboxylic acids is 1. The number of rotatable bonds is 3. The summed E-state index contributed by atoms with van der Waals surface area (Å²) < 4.78 is 5.15. The highest BCUT2D eigenvalue weighted by Crippen LogP contribution is 2.28. The molecule has 0 spiro atoms. The van der Waals surface area contributed by atoms with Gasteiger partial charge in [-0.15, -0.1) is 0 Å². The lowest BCUT2D eigenvalue weighted by molar-refractivity contribution is -0.122. The second-order valence-corrected chi connectivity index (χ2v) is 5.35. The molecule has 0 atom stereocenters. The molecule has 1 aliphatic rings. The van der Waals surface area contributed by atoms with Crippen LogP contribution in [0.2, 0.25) is 0 Å². The van der Waals surface area contributed by atoms with Gasteiger partial charge in [0.1, 0.15) is 5.75 Å². The Hall–Kier alpha value is -1.55. The summed E-state index contributed by atoms with van der Waals surface area (Å²) in [5.74, 6) is 0.719. The summed E-state index contributed by atoms with van der Waals surface area (Å²) in [5.41, 5.74) is 7.30. The van der Waals surface area contributed by atoms with Gasteiger partial charge in [-0.25, -0.2) is 0 Å². The van der Waals surface area contributed by atoms with E-state index in [4.69, 9.17) is 10.5 Å². The van der Waals surface area contributed by atoms with Crippen molar-refractivity contribution in [1.82, 2.24) is 0 Å². The maximum Gasteiger partial charge on any atom is 0.244 e. The fraction of sp³-hybridized carbons (Fsp3) is 0.533. The van der Waals surface area contributed by atoms with Crippen LogP contribution >= 0.6 is 0 Å². The van der Waals surface area contributed by atoms with Gasteiger partial charge < -0.3 is 15.8 Å². The van der Waals surface area contributed by atoms with E-state index in [0.717, 1.165) is 42.7 Å². The van der Waals surface area contributed by atoms with E-state index < -0.39 is 5.54 Å². The van der Waals surface area contributed by atoms with Crippen molar-refractivity contribution in [2.75, 3.05) is 12.4 Å². The molecule has 2 rings (SSSR count). The van der Waals surface area contributed by atoms with Crippen molar-refractivity contribution in [2.24, 2.45) is 5.73 Å². The zero-order valence-corrected chi connectivity index (χ0v) is 11.7. The third-order valence-corrected chi connectivity index (χ3v) is 3.88. The van der Waals surface area contributed by atoms with Gasteiger partial charge in [0.15, 0.2) is 0 Å². The van der Waals surface area contributed by atoms with Crippen LogP contribution in [0.5, 0.6) is 5.75 Å². The van der Waals surface area contributed by atoms with E-state index >= 15 is 0 Å². The number of benzene rings is 1. The number of nitrogens with two attached hydrogens (primary N) is 1. The number of hydrogen-bond donors (Lipinski definition) is 2. The number of methoxy groups -OCH3 is 1. The standard InChI is InChI=1S/C15H22N2O2/c1-11-10-12(19-2)6-7-13(11)17-14(18)15(16)8-4-3-5-9-15/h6-7,10H,3-5,8-9,16H2,1-2H3,(H,17,18). The lowest BCUT2D eigenvalue weighted by Crippen LogP contribution is -2.52. The number of amides is 1. The lowest BCUT2D eigenvalue weighted by Gasteiger charge is -2.32. The highest BCUT2D eigenvalue weighted by molar-refractivity contribution is 5.98. The van der Waals surface area contributed by atoms with Gasteiger partial charge in [-0.3, -0.25) is 4.79 Å². The fourth-order valence-corrected chi connectivity index (χ4v) is 2.56. The summed E-state index contributed by atoms with van der Waals surface area (Å²) in [6.07, 6.45) is 4.78. The lowest BCUT2D eigenvalue weighted by atomic mass is 9.82. The number of aryl methyl sites for hydroxylation is 1. The molecule has 0 aromatic heterocycles. The molecule has 4 heteroatoms.